The highest BCUT2D eigenvalue weighted by atomic mass is 32.2. The van der Waals surface area contributed by atoms with Crippen LogP contribution >= 0.6 is 72.4 Å². The lowest BCUT2D eigenvalue weighted by Crippen LogP contribution is -2.25. The van der Waals surface area contributed by atoms with Gasteiger partial charge in [0.15, 0.2) is 8.27 Å². The van der Waals surface area contributed by atoms with Crippen LogP contribution in [0.15, 0.2) is 94.4 Å². The van der Waals surface area contributed by atoms with E-state index in [9.17, 15) is 0 Å². The van der Waals surface area contributed by atoms with Crippen molar-refractivity contribution in [3.63, 3.8) is 0 Å². The van der Waals surface area contributed by atoms with Crippen LogP contribution in [0.2, 0.25) is 0 Å². The SMILES string of the molecule is CC(/C=C/c1sc(=S)n(-c2ccccc2)c1S)=C\C=C1/SC(=S)N(c2ccccc2)C1=S. The molecule has 3 aromatic rings. The second-order valence-electron chi connectivity index (χ2n) is 6.85. The Morgan fingerprint density at radius 3 is 2.22 bits per heavy atom. The Bertz CT molecular complexity index is 1310. The van der Waals surface area contributed by atoms with Crippen molar-refractivity contribution in [1.82, 2.24) is 4.57 Å². The van der Waals surface area contributed by atoms with Gasteiger partial charge >= 0.3 is 0 Å². The maximum Gasteiger partial charge on any atom is 0.167 e. The van der Waals surface area contributed by atoms with E-state index in [1.54, 1.807) is 11.3 Å². The van der Waals surface area contributed by atoms with Crippen molar-refractivity contribution in [2.75, 3.05) is 4.90 Å². The molecular weight excluding hydrogens is 509 g/mol. The number of para-hydroxylation sites is 2. The van der Waals surface area contributed by atoms with Crippen LogP contribution in [0.5, 0.6) is 0 Å². The van der Waals surface area contributed by atoms with E-state index in [1.165, 1.54) is 11.8 Å². The normalized spacial score (nSPS) is 16.0. The van der Waals surface area contributed by atoms with Crippen LogP contribution in [0.3, 0.4) is 0 Å². The van der Waals surface area contributed by atoms with Gasteiger partial charge in [0.25, 0.3) is 0 Å². The highest BCUT2D eigenvalue weighted by Crippen LogP contribution is 2.36. The van der Waals surface area contributed by atoms with Crippen molar-refractivity contribution >= 4 is 93.5 Å². The maximum atomic E-state index is 5.67. The Labute approximate surface area is 217 Å². The first-order valence-corrected chi connectivity index (χ1v) is 12.9. The monoisotopic (exact) mass is 526 g/mol. The van der Waals surface area contributed by atoms with Gasteiger partial charge < -0.3 is 0 Å². The summed E-state index contributed by atoms with van der Waals surface area (Å²) in [5.74, 6) is 0. The number of benzene rings is 2. The number of thiol groups is 1. The van der Waals surface area contributed by atoms with E-state index in [2.05, 4.69) is 13.0 Å². The zero-order valence-corrected chi connectivity index (χ0v) is 21.9. The number of aromatic nitrogens is 1. The van der Waals surface area contributed by atoms with Gasteiger partial charge in [-0.25, -0.2) is 0 Å². The Kier molecular flexibility index (Phi) is 7.60. The summed E-state index contributed by atoms with van der Waals surface area (Å²) >= 11 is 24.6. The minimum atomic E-state index is 0.731. The number of anilines is 1. The Morgan fingerprint density at radius 1 is 0.938 bits per heavy atom. The van der Waals surface area contributed by atoms with Crippen molar-refractivity contribution in [3.05, 3.63) is 98.2 Å². The smallest absolute Gasteiger partial charge is 0.167 e. The van der Waals surface area contributed by atoms with Gasteiger partial charge in [-0.3, -0.25) is 9.47 Å². The molecule has 1 fully saturated rings. The van der Waals surface area contributed by atoms with Crippen LogP contribution in [0.25, 0.3) is 11.8 Å². The van der Waals surface area contributed by atoms with Crippen LogP contribution in [-0.4, -0.2) is 13.9 Å². The summed E-state index contributed by atoms with van der Waals surface area (Å²) in [6, 6.07) is 20.0. The van der Waals surface area contributed by atoms with Gasteiger partial charge in [0.2, 0.25) is 0 Å². The Morgan fingerprint density at radius 2 is 1.56 bits per heavy atom. The molecule has 8 heteroatoms. The van der Waals surface area contributed by atoms with E-state index >= 15 is 0 Å². The zero-order valence-electron chi connectivity index (χ0n) is 17.0. The molecule has 32 heavy (non-hydrogen) atoms. The molecule has 0 amide bonds. The number of nitrogens with zero attached hydrogens (tertiary/aromatic N) is 2. The van der Waals surface area contributed by atoms with E-state index in [1.807, 2.05) is 88.4 Å². The molecule has 0 N–H and O–H groups in total. The van der Waals surface area contributed by atoms with Gasteiger partial charge in [0.1, 0.15) is 4.99 Å². The van der Waals surface area contributed by atoms with Gasteiger partial charge in [0.05, 0.1) is 9.90 Å². The summed E-state index contributed by atoms with van der Waals surface area (Å²) in [6.07, 6.45) is 8.19. The number of allylic oxidation sites excluding steroid dienone is 4. The van der Waals surface area contributed by atoms with Gasteiger partial charge in [-0.15, -0.1) is 24.0 Å². The summed E-state index contributed by atoms with van der Waals surface area (Å²) in [4.78, 5) is 4.66. The minimum absolute atomic E-state index is 0.731. The third-order valence-electron chi connectivity index (χ3n) is 4.63. The van der Waals surface area contributed by atoms with E-state index in [0.717, 1.165) is 45.0 Å². The van der Waals surface area contributed by atoms with Crippen molar-refractivity contribution in [1.29, 1.82) is 0 Å². The molecule has 1 saturated heterocycles. The molecule has 4 rings (SSSR count). The average Bonchev–Trinajstić information content (AvgIpc) is 3.25. The number of thioether (sulfide) groups is 1. The number of thiazole rings is 1. The molecule has 2 heterocycles. The molecule has 1 aromatic heterocycles. The van der Waals surface area contributed by atoms with Crippen molar-refractivity contribution in [2.24, 2.45) is 0 Å². The standard InChI is InChI=1S/C24H18N2S6/c1-16(12-14-19-21(27)25(23(29)31-19)17-8-4-2-5-9-17)13-15-20-22(28)26(24(30)32-20)18-10-6-3-7-11-18/h2-15,27H,1H3/b14-12+,16-13+,20-15-. The molecule has 0 unspecified atom stereocenters. The second-order valence-corrected chi connectivity index (χ2v) is 11.0. The van der Waals surface area contributed by atoms with E-state index in [-0.39, 0.29) is 0 Å². The van der Waals surface area contributed by atoms with E-state index in [0.29, 0.717) is 0 Å². The highest BCUT2D eigenvalue weighted by Gasteiger charge is 2.29. The molecule has 1 aliphatic heterocycles. The summed E-state index contributed by atoms with van der Waals surface area (Å²) in [6.45, 7) is 2.05. The molecule has 160 valence electrons. The summed E-state index contributed by atoms with van der Waals surface area (Å²) in [7, 11) is 0. The van der Waals surface area contributed by atoms with Crippen LogP contribution in [0.4, 0.5) is 5.69 Å². The number of rotatable bonds is 5. The topological polar surface area (TPSA) is 8.17 Å². The fraction of sp³-hybridized carbons (Fsp3) is 0.0417. The van der Waals surface area contributed by atoms with Crippen molar-refractivity contribution < 1.29 is 0 Å². The molecule has 2 nitrogen and oxygen atoms in total. The molecule has 0 spiro atoms. The molecule has 0 radical (unpaired) electrons. The first kappa shape index (κ1) is 23.4. The van der Waals surface area contributed by atoms with E-state index in [4.69, 9.17) is 49.3 Å². The lowest BCUT2D eigenvalue weighted by Gasteiger charge is -2.16. The molecule has 1 aliphatic rings. The lowest BCUT2D eigenvalue weighted by atomic mass is 10.2. The molecule has 0 saturated carbocycles. The first-order chi connectivity index (χ1) is 15.5. The van der Waals surface area contributed by atoms with E-state index < -0.39 is 0 Å². The summed E-state index contributed by atoms with van der Waals surface area (Å²) in [5, 5.41) is 0.838. The largest absolute Gasteiger partial charge is 0.286 e. The average molecular weight is 527 g/mol. The molecule has 0 aliphatic carbocycles. The van der Waals surface area contributed by atoms with Crippen molar-refractivity contribution in [2.45, 2.75) is 11.9 Å². The van der Waals surface area contributed by atoms with Crippen molar-refractivity contribution in [3.8, 4) is 5.69 Å². The molecule has 0 atom stereocenters. The molecule has 0 bridgehead atoms. The molecular formula is C24H18N2S6. The second kappa shape index (κ2) is 10.4. The third kappa shape index (κ3) is 5.06. The predicted molar refractivity (Wildman–Crippen MR) is 154 cm³/mol. The lowest BCUT2D eigenvalue weighted by molar-refractivity contribution is 0.946. The van der Waals surface area contributed by atoms with Crippen LogP contribution < -0.4 is 4.90 Å². The summed E-state index contributed by atoms with van der Waals surface area (Å²) < 4.78 is 3.50. The van der Waals surface area contributed by atoms with Gasteiger partial charge in [-0.1, -0.05) is 90.3 Å². The van der Waals surface area contributed by atoms with Gasteiger partial charge in [-0.05, 0) is 55.6 Å². The van der Waals surface area contributed by atoms with Gasteiger partial charge in [0, 0.05) is 16.3 Å². The number of hydrogen-bond donors (Lipinski definition) is 1. The van der Waals surface area contributed by atoms with Crippen LogP contribution in [0, 0.1) is 3.95 Å². The first-order valence-electron chi connectivity index (χ1n) is 9.64. The fourth-order valence-electron chi connectivity index (χ4n) is 3.05. The van der Waals surface area contributed by atoms with Crippen LogP contribution in [0.1, 0.15) is 11.8 Å². The minimum Gasteiger partial charge on any atom is -0.286 e. The highest BCUT2D eigenvalue weighted by molar-refractivity contribution is 8.28. The third-order valence-corrected chi connectivity index (χ3v) is 8.43. The fourth-order valence-corrected chi connectivity index (χ4v) is 6.63. The Balaban J connectivity index is 1.53. The molecule has 2 aromatic carbocycles. The van der Waals surface area contributed by atoms with Gasteiger partial charge in [-0.2, -0.15) is 0 Å². The maximum absolute atomic E-state index is 5.67. The summed E-state index contributed by atoms with van der Waals surface area (Å²) in [5.41, 5.74) is 3.09. The quantitative estimate of drug-likeness (QED) is 0.154. The predicted octanol–water partition coefficient (Wildman–Crippen LogP) is 8.27. The number of hydrogen-bond acceptors (Lipinski definition) is 6. The van der Waals surface area contributed by atoms with Crippen LogP contribution in [-0.2, 0) is 0 Å². The zero-order chi connectivity index (χ0) is 22.7. The Hall–Kier alpha value is -1.81. The number of thiocarbonyl (C=S) groups is 2.